The summed E-state index contributed by atoms with van der Waals surface area (Å²) in [6.07, 6.45) is 0.583. The second-order valence-corrected chi connectivity index (χ2v) is 0.880. The summed E-state index contributed by atoms with van der Waals surface area (Å²) in [6.45, 7) is 2.71. The molecule has 2 N–H and O–H groups in total. The van der Waals surface area contributed by atoms with Crippen LogP contribution in [0.3, 0.4) is 0 Å². The third-order valence-electron chi connectivity index (χ3n) is 0. The van der Waals surface area contributed by atoms with Gasteiger partial charge in [0.05, 0.1) is 0 Å². The van der Waals surface area contributed by atoms with E-state index in [2.05, 4.69) is 0 Å². The van der Waals surface area contributed by atoms with E-state index in [-0.39, 0.29) is 17.1 Å². The molecule has 0 aromatic heterocycles. The first-order chi connectivity index (χ1) is 3.15. The summed E-state index contributed by atoms with van der Waals surface area (Å²) in [5, 5.41) is 7.72. The molecule has 0 saturated heterocycles. The van der Waals surface area contributed by atoms with Crippen LogP contribution in [-0.2, 0) is 21.9 Å². The monoisotopic (exact) mass is 166 g/mol. The van der Waals surface area contributed by atoms with Crippen molar-refractivity contribution in [3.05, 3.63) is 5.73 Å². The van der Waals surface area contributed by atoms with Gasteiger partial charge in [-0.25, -0.2) is 0 Å². The summed E-state index contributed by atoms with van der Waals surface area (Å²) in [4.78, 5) is 8.68. The first-order valence-electron chi connectivity index (χ1n) is 1.83. The van der Waals surface area contributed by atoms with Crippen molar-refractivity contribution in [2.24, 2.45) is 0 Å². The van der Waals surface area contributed by atoms with Crippen molar-refractivity contribution in [3.63, 3.8) is 0 Å². The van der Waals surface area contributed by atoms with Crippen LogP contribution in [0.1, 0.15) is 13.8 Å². The Bertz CT molecular complexity index is 38.3. The van der Waals surface area contributed by atoms with Crippen LogP contribution in [-0.4, -0.2) is 17.6 Å². The molecule has 1 unspecified atom stereocenters. The number of carbonyl (C=O) groups excluding carboxylic acids is 1. The van der Waals surface area contributed by atoms with Gasteiger partial charge in [-0.2, -0.15) is 6.92 Å². The van der Waals surface area contributed by atoms with Crippen molar-refractivity contribution < 1.29 is 27.0 Å². The minimum Gasteiger partial charge on any atom is -0.652 e. The first-order valence-corrected chi connectivity index (χ1v) is 1.83. The Balaban J connectivity index is -0.0000000575. The van der Waals surface area contributed by atoms with Crippen molar-refractivity contribution in [1.82, 2.24) is 0 Å². The summed E-state index contributed by atoms with van der Waals surface area (Å²) in [7, 11) is 0. The summed E-state index contributed by atoms with van der Waals surface area (Å²) in [6, 6.07) is 0. The standard InChI is InChI=1S/C2H6NO.C2H3O.Cu/c1-2(3)4;1-2-3;/h2-4H,1H3;1H3;/q2*-1;+2. The van der Waals surface area contributed by atoms with E-state index in [4.69, 9.17) is 15.6 Å². The van der Waals surface area contributed by atoms with E-state index in [9.17, 15) is 0 Å². The molecule has 0 fully saturated rings. The van der Waals surface area contributed by atoms with E-state index in [1.54, 1.807) is 0 Å². The van der Waals surface area contributed by atoms with E-state index in [1.165, 1.54) is 20.1 Å². The molecule has 53 valence electrons. The van der Waals surface area contributed by atoms with Gasteiger partial charge in [0.15, 0.2) is 0 Å². The molecule has 0 aromatic rings. The van der Waals surface area contributed by atoms with Crippen LogP contribution in [0, 0.1) is 0 Å². The van der Waals surface area contributed by atoms with Crippen LogP contribution in [0.2, 0.25) is 0 Å². The van der Waals surface area contributed by atoms with Gasteiger partial charge < -0.3 is 15.6 Å². The predicted molar refractivity (Wildman–Crippen MR) is 27.4 cm³/mol. The van der Waals surface area contributed by atoms with E-state index < -0.39 is 6.23 Å². The summed E-state index contributed by atoms with van der Waals surface area (Å²) < 4.78 is 0. The van der Waals surface area contributed by atoms with Crippen LogP contribution in [0.25, 0.3) is 5.73 Å². The fourth-order valence-corrected chi connectivity index (χ4v) is 0. The average molecular weight is 167 g/mol. The molecule has 1 radical (unpaired) electrons. The first kappa shape index (κ1) is 15.7. The van der Waals surface area contributed by atoms with Crippen LogP contribution >= 0.6 is 0 Å². The number of aliphatic hydroxyl groups excluding tert-OH is 1. The second-order valence-electron chi connectivity index (χ2n) is 0.880. The van der Waals surface area contributed by atoms with Crippen LogP contribution in [0.15, 0.2) is 0 Å². The topological polar surface area (TPSA) is 61.1 Å². The molecule has 4 heteroatoms. The normalized spacial score (nSPS) is 9.50. The van der Waals surface area contributed by atoms with Gasteiger partial charge in [-0.3, -0.25) is 6.29 Å². The SMILES string of the molecule is CC([NH-])O.C[C-]=O.[Cu+2]. The summed E-state index contributed by atoms with van der Waals surface area (Å²) >= 11 is 0. The molecule has 0 spiro atoms. The molecule has 0 saturated carbocycles. The van der Waals surface area contributed by atoms with Gasteiger partial charge in [0.1, 0.15) is 0 Å². The van der Waals surface area contributed by atoms with E-state index in [0.717, 1.165) is 0 Å². The van der Waals surface area contributed by atoms with E-state index >= 15 is 0 Å². The Kier molecular flexibility index (Phi) is 30.8. The van der Waals surface area contributed by atoms with Crippen LogP contribution < -0.4 is 0 Å². The molecule has 0 amide bonds. The van der Waals surface area contributed by atoms with Gasteiger partial charge in [-0.05, 0) is 6.23 Å². The van der Waals surface area contributed by atoms with Crippen molar-refractivity contribution in [2.75, 3.05) is 0 Å². The largest absolute Gasteiger partial charge is 2.00 e. The van der Waals surface area contributed by atoms with Crippen molar-refractivity contribution >= 4 is 6.29 Å². The minimum absolute atomic E-state index is 0. The zero-order chi connectivity index (χ0) is 6.28. The van der Waals surface area contributed by atoms with Gasteiger partial charge in [0.2, 0.25) is 0 Å². The molecule has 1 atom stereocenters. The Hall–Kier alpha value is 0.109. The molecule has 8 heavy (non-hydrogen) atoms. The van der Waals surface area contributed by atoms with Crippen molar-refractivity contribution in [2.45, 2.75) is 20.1 Å². The van der Waals surface area contributed by atoms with E-state index in [0.29, 0.717) is 0 Å². The van der Waals surface area contributed by atoms with Gasteiger partial charge in [-0.15, -0.1) is 0 Å². The molecule has 0 bridgehead atoms. The van der Waals surface area contributed by atoms with Gasteiger partial charge >= 0.3 is 17.1 Å². The molecular formula is C4H9CuNO2. The molecule has 0 aliphatic carbocycles. The predicted octanol–water partition coefficient (Wildman–Crippen LogP) is 0.490. The maximum absolute atomic E-state index is 8.68. The number of nitrogens with one attached hydrogen (secondary N) is 1. The van der Waals surface area contributed by atoms with Crippen LogP contribution in [0.5, 0.6) is 0 Å². The number of aliphatic hydroxyl groups is 1. The Morgan fingerprint density at radius 2 is 1.75 bits per heavy atom. The quantitative estimate of drug-likeness (QED) is 0.421. The van der Waals surface area contributed by atoms with Crippen molar-refractivity contribution in [1.29, 1.82) is 0 Å². The smallest absolute Gasteiger partial charge is 0.652 e. The molecule has 0 aliphatic heterocycles. The maximum atomic E-state index is 8.68. The Morgan fingerprint density at radius 3 is 1.75 bits per heavy atom. The molecule has 0 rings (SSSR count). The number of hydrogen-bond acceptors (Lipinski definition) is 2. The van der Waals surface area contributed by atoms with Crippen molar-refractivity contribution in [3.8, 4) is 0 Å². The Labute approximate surface area is 59.7 Å². The fourth-order valence-electron chi connectivity index (χ4n) is 0. The fraction of sp³-hybridized carbons (Fsp3) is 0.750. The maximum Gasteiger partial charge on any atom is 2.00 e. The zero-order valence-electron chi connectivity index (χ0n) is 4.73. The average Bonchev–Trinajstić information content (AvgIpc) is 1.33. The third-order valence-corrected chi connectivity index (χ3v) is 0. The number of rotatable bonds is 0. The van der Waals surface area contributed by atoms with E-state index in [1.807, 2.05) is 0 Å². The molecule has 0 heterocycles. The van der Waals surface area contributed by atoms with Crippen LogP contribution in [0.4, 0.5) is 0 Å². The summed E-state index contributed by atoms with van der Waals surface area (Å²) in [5.41, 5.74) is 6.14. The number of hydrogen-bond donors (Lipinski definition) is 1. The molecule has 0 aliphatic rings. The van der Waals surface area contributed by atoms with Gasteiger partial charge in [-0.1, -0.05) is 6.92 Å². The third kappa shape index (κ3) is 13300. The molecule has 3 nitrogen and oxygen atoms in total. The second kappa shape index (κ2) is 15.7. The van der Waals surface area contributed by atoms with Gasteiger partial charge in [0, 0.05) is 0 Å². The van der Waals surface area contributed by atoms with Gasteiger partial charge in [0.25, 0.3) is 0 Å². The molecular weight excluding hydrogens is 158 g/mol. The minimum atomic E-state index is -0.917. The molecule has 0 aromatic carbocycles. The summed E-state index contributed by atoms with van der Waals surface area (Å²) in [5.74, 6) is 0. The zero-order valence-corrected chi connectivity index (χ0v) is 5.68. The Morgan fingerprint density at radius 1 is 1.75 bits per heavy atom.